The van der Waals surface area contributed by atoms with Gasteiger partial charge in [-0.3, -0.25) is 0 Å². The van der Waals surface area contributed by atoms with Crippen molar-refractivity contribution in [2.75, 3.05) is 63.3 Å². The Morgan fingerprint density at radius 3 is 2.32 bits per heavy atom. The van der Waals surface area contributed by atoms with Gasteiger partial charge in [0.2, 0.25) is 5.95 Å². The lowest BCUT2D eigenvalue weighted by molar-refractivity contribution is 0.269. The molecule has 0 amide bonds. The van der Waals surface area contributed by atoms with Crippen LogP contribution in [0.2, 0.25) is 0 Å². The van der Waals surface area contributed by atoms with Crippen LogP contribution in [0, 0.1) is 0 Å². The van der Waals surface area contributed by atoms with Crippen molar-refractivity contribution in [3.05, 3.63) is 29.5 Å². The molecule has 0 radical (unpaired) electrons. The van der Waals surface area contributed by atoms with Crippen molar-refractivity contribution in [3.8, 4) is 11.5 Å². The number of likely N-dealkylation sites (N-methyl/N-ethyl adjacent to an activating group) is 1. The third kappa shape index (κ3) is 3.69. The van der Waals surface area contributed by atoms with Gasteiger partial charge in [-0.25, -0.2) is 0 Å². The van der Waals surface area contributed by atoms with Crippen molar-refractivity contribution in [1.29, 1.82) is 0 Å². The summed E-state index contributed by atoms with van der Waals surface area (Å²) in [4.78, 5) is 11.8. The monoisotopic (exact) mass is 384 g/mol. The van der Waals surface area contributed by atoms with Crippen LogP contribution >= 0.6 is 0 Å². The smallest absolute Gasteiger partial charge is 0.247 e. The highest BCUT2D eigenvalue weighted by Gasteiger charge is 2.23. The molecule has 1 aromatic heterocycles. The third-order valence-electron chi connectivity index (χ3n) is 5.68. The first-order chi connectivity index (χ1) is 13.7. The van der Waals surface area contributed by atoms with E-state index in [2.05, 4.69) is 44.0 Å². The molecule has 8 nitrogen and oxygen atoms in total. The minimum Gasteiger partial charge on any atom is -0.493 e. The summed E-state index contributed by atoms with van der Waals surface area (Å²) in [5.41, 5.74) is 2.53. The van der Waals surface area contributed by atoms with Gasteiger partial charge in [0.05, 0.1) is 20.4 Å². The van der Waals surface area contributed by atoms with Crippen LogP contribution in [0.5, 0.6) is 11.5 Å². The number of hydrogen-bond acceptors (Lipinski definition) is 8. The second-order valence-corrected chi connectivity index (χ2v) is 7.18. The summed E-state index contributed by atoms with van der Waals surface area (Å²) in [5, 5.41) is 8.52. The van der Waals surface area contributed by atoms with Crippen LogP contribution < -0.4 is 19.3 Å². The molecule has 0 N–H and O–H groups in total. The Morgan fingerprint density at radius 1 is 0.929 bits per heavy atom. The van der Waals surface area contributed by atoms with Crippen LogP contribution in [0.25, 0.3) is 0 Å². The van der Waals surface area contributed by atoms with Crippen LogP contribution in [-0.2, 0) is 13.0 Å². The summed E-state index contributed by atoms with van der Waals surface area (Å²) < 4.78 is 10.9. The largest absolute Gasteiger partial charge is 0.493 e. The fraction of sp³-hybridized carbons (Fsp3) is 0.550. The molecule has 0 atom stereocenters. The van der Waals surface area contributed by atoms with Crippen molar-refractivity contribution in [2.24, 2.45) is 0 Å². The molecule has 0 aliphatic carbocycles. The Morgan fingerprint density at radius 2 is 1.64 bits per heavy atom. The van der Waals surface area contributed by atoms with Crippen molar-refractivity contribution in [1.82, 2.24) is 20.1 Å². The summed E-state index contributed by atoms with van der Waals surface area (Å²) in [5.74, 6) is 3.15. The highest BCUT2D eigenvalue weighted by Crippen LogP contribution is 2.34. The van der Waals surface area contributed by atoms with E-state index in [1.165, 1.54) is 11.1 Å². The maximum absolute atomic E-state index is 5.47. The van der Waals surface area contributed by atoms with Gasteiger partial charge in [0.15, 0.2) is 17.3 Å². The zero-order chi connectivity index (χ0) is 19.5. The number of anilines is 2. The maximum atomic E-state index is 5.47. The van der Waals surface area contributed by atoms with Crippen LogP contribution in [0.1, 0.15) is 18.1 Å². The number of fused-ring (bicyclic) bond motifs is 1. The molecule has 0 spiro atoms. The van der Waals surface area contributed by atoms with Crippen molar-refractivity contribution < 1.29 is 9.47 Å². The third-order valence-corrected chi connectivity index (χ3v) is 5.68. The van der Waals surface area contributed by atoms with Crippen LogP contribution in [0.3, 0.4) is 0 Å². The zero-order valence-corrected chi connectivity index (χ0v) is 16.9. The van der Waals surface area contributed by atoms with E-state index in [1.54, 1.807) is 20.4 Å². The van der Waals surface area contributed by atoms with Gasteiger partial charge in [0.25, 0.3) is 0 Å². The summed E-state index contributed by atoms with van der Waals surface area (Å²) in [6, 6.07) is 4.15. The van der Waals surface area contributed by atoms with E-state index in [9.17, 15) is 0 Å². The van der Waals surface area contributed by atoms with E-state index in [1.807, 2.05) is 0 Å². The molecule has 1 saturated heterocycles. The lowest BCUT2D eigenvalue weighted by Crippen LogP contribution is -2.47. The molecular formula is C20H28N6O2. The number of nitrogens with zero attached hydrogens (tertiary/aromatic N) is 6. The molecule has 2 aliphatic rings. The Labute approximate surface area is 166 Å². The van der Waals surface area contributed by atoms with Crippen LogP contribution in [0.15, 0.2) is 18.3 Å². The Kier molecular flexibility index (Phi) is 5.47. The number of methoxy groups -OCH3 is 2. The van der Waals surface area contributed by atoms with E-state index in [-0.39, 0.29) is 0 Å². The highest BCUT2D eigenvalue weighted by molar-refractivity contribution is 5.52. The molecule has 4 rings (SSSR count). The van der Waals surface area contributed by atoms with E-state index >= 15 is 0 Å². The first-order valence-corrected chi connectivity index (χ1v) is 9.87. The molecule has 2 aliphatic heterocycles. The Balaban J connectivity index is 1.51. The Bertz CT molecular complexity index is 822. The van der Waals surface area contributed by atoms with E-state index in [4.69, 9.17) is 14.5 Å². The first kappa shape index (κ1) is 18.7. The molecular weight excluding hydrogens is 356 g/mol. The lowest BCUT2D eigenvalue weighted by atomic mass is 9.99. The average Bonchev–Trinajstić information content (AvgIpc) is 2.77. The van der Waals surface area contributed by atoms with Gasteiger partial charge in [-0.2, -0.15) is 10.1 Å². The van der Waals surface area contributed by atoms with Crippen LogP contribution in [0.4, 0.5) is 11.8 Å². The lowest BCUT2D eigenvalue weighted by Gasteiger charge is -2.34. The maximum Gasteiger partial charge on any atom is 0.247 e. The van der Waals surface area contributed by atoms with E-state index < -0.39 is 0 Å². The van der Waals surface area contributed by atoms with Gasteiger partial charge in [0.1, 0.15) is 0 Å². The van der Waals surface area contributed by atoms with Gasteiger partial charge in [-0.15, -0.1) is 5.10 Å². The van der Waals surface area contributed by atoms with Gasteiger partial charge >= 0.3 is 0 Å². The molecule has 150 valence electrons. The number of benzene rings is 1. The minimum atomic E-state index is 0.728. The van der Waals surface area contributed by atoms with Crippen molar-refractivity contribution in [3.63, 3.8) is 0 Å². The second-order valence-electron chi connectivity index (χ2n) is 7.18. The van der Waals surface area contributed by atoms with Gasteiger partial charge < -0.3 is 24.2 Å². The topological polar surface area (TPSA) is 66.9 Å². The molecule has 0 unspecified atom stereocenters. The standard InChI is InChI=1S/C20H28N6O2/c1-4-24-7-9-25(10-8-24)20-22-19(13-21-23-20)26-6-5-15-11-17(27-2)18(28-3)12-16(15)14-26/h11-13H,4-10,14H2,1-3H3. The first-order valence-electron chi connectivity index (χ1n) is 9.87. The molecule has 1 aromatic carbocycles. The van der Waals surface area contributed by atoms with Crippen molar-refractivity contribution >= 4 is 11.8 Å². The number of piperazine rings is 1. The zero-order valence-electron chi connectivity index (χ0n) is 16.9. The summed E-state index contributed by atoms with van der Waals surface area (Å²) in [6.45, 7) is 8.94. The second kappa shape index (κ2) is 8.18. The predicted octanol–water partition coefficient (Wildman–Crippen LogP) is 1.59. The SMILES string of the molecule is CCN1CCN(c2nncc(N3CCc4cc(OC)c(OC)cc4C3)n2)CC1. The quantitative estimate of drug-likeness (QED) is 0.770. The summed E-state index contributed by atoms with van der Waals surface area (Å²) >= 11 is 0. The molecule has 0 saturated carbocycles. The van der Waals surface area contributed by atoms with E-state index in [0.717, 1.165) is 75.5 Å². The fourth-order valence-corrected chi connectivity index (χ4v) is 3.91. The number of rotatable bonds is 5. The minimum absolute atomic E-state index is 0.728. The average molecular weight is 384 g/mol. The van der Waals surface area contributed by atoms with Crippen LogP contribution in [-0.4, -0.2) is 73.6 Å². The number of aromatic nitrogens is 3. The molecule has 3 heterocycles. The van der Waals surface area contributed by atoms with E-state index in [0.29, 0.717) is 0 Å². The van der Waals surface area contributed by atoms with Crippen molar-refractivity contribution in [2.45, 2.75) is 19.9 Å². The summed E-state index contributed by atoms with van der Waals surface area (Å²) in [6.07, 6.45) is 2.70. The summed E-state index contributed by atoms with van der Waals surface area (Å²) in [7, 11) is 3.34. The van der Waals surface area contributed by atoms with Gasteiger partial charge in [-0.1, -0.05) is 6.92 Å². The molecule has 1 fully saturated rings. The van der Waals surface area contributed by atoms with Gasteiger partial charge in [-0.05, 0) is 36.2 Å². The number of ether oxygens (including phenoxy) is 2. The normalized spacial score (nSPS) is 17.4. The molecule has 0 bridgehead atoms. The highest BCUT2D eigenvalue weighted by atomic mass is 16.5. The predicted molar refractivity (Wildman–Crippen MR) is 108 cm³/mol. The molecule has 28 heavy (non-hydrogen) atoms. The molecule has 8 heteroatoms. The van der Waals surface area contributed by atoms with Gasteiger partial charge in [0, 0.05) is 39.3 Å². The number of hydrogen-bond donors (Lipinski definition) is 0. The fourth-order valence-electron chi connectivity index (χ4n) is 3.91. The Hall–Kier alpha value is -2.61. The molecule has 2 aromatic rings.